The Morgan fingerprint density at radius 3 is 3.10 bits per heavy atom. The summed E-state index contributed by atoms with van der Waals surface area (Å²) in [4.78, 5) is 23.4. The average molecular weight is 289 g/mol. The maximum atomic E-state index is 11.1. The highest BCUT2D eigenvalue weighted by atomic mass is 16.6. The molecule has 2 atom stereocenters. The van der Waals surface area contributed by atoms with Crippen LogP contribution in [0.25, 0.3) is 11.2 Å². The zero-order valence-corrected chi connectivity index (χ0v) is 11.5. The number of rotatable bonds is 4. The normalized spacial score (nSPS) is 21.0. The van der Waals surface area contributed by atoms with Crippen molar-refractivity contribution in [2.45, 2.75) is 18.6 Å². The minimum atomic E-state index is -0.388. The smallest absolute Gasteiger partial charge is 0.331 e. The van der Waals surface area contributed by atoms with Gasteiger partial charge in [-0.05, 0) is 0 Å². The highest BCUT2D eigenvalue weighted by molar-refractivity contribution is 5.81. The topological polar surface area (TPSA) is 105 Å². The first kappa shape index (κ1) is 13.5. The lowest BCUT2D eigenvalue weighted by atomic mass is 10.2. The number of aromatic nitrogens is 4. The lowest BCUT2D eigenvalue weighted by molar-refractivity contribution is -0.147. The summed E-state index contributed by atoms with van der Waals surface area (Å²) in [5, 5.41) is 0. The third-order valence-corrected chi connectivity index (χ3v) is 3.41. The summed E-state index contributed by atoms with van der Waals surface area (Å²) in [6.07, 6.45) is 7.59. The number of nitrogens with zero attached hydrogens (tertiary/aromatic N) is 4. The molecule has 0 saturated carbocycles. The Kier molecular flexibility index (Phi) is 3.53. The minimum Gasteiger partial charge on any atom is -0.467 e. The van der Waals surface area contributed by atoms with Gasteiger partial charge in [0, 0.05) is 6.42 Å². The SMILES string of the molecule is COC(=O)COC1C=CC(n2cnc3c(N)ncnc32)C1. The number of nitrogens with two attached hydrogens (primary N) is 1. The number of ether oxygens (including phenoxy) is 2. The van der Waals surface area contributed by atoms with Crippen molar-refractivity contribution in [3.05, 3.63) is 24.8 Å². The van der Waals surface area contributed by atoms with Crippen LogP contribution in [-0.4, -0.2) is 45.3 Å². The van der Waals surface area contributed by atoms with Gasteiger partial charge in [0.15, 0.2) is 11.5 Å². The van der Waals surface area contributed by atoms with E-state index < -0.39 is 0 Å². The molecule has 0 spiro atoms. The molecular formula is C13H15N5O3. The first-order chi connectivity index (χ1) is 10.2. The monoisotopic (exact) mass is 289 g/mol. The Balaban J connectivity index is 1.72. The number of anilines is 1. The summed E-state index contributed by atoms with van der Waals surface area (Å²) in [5.41, 5.74) is 7.04. The van der Waals surface area contributed by atoms with Crippen LogP contribution in [-0.2, 0) is 14.3 Å². The summed E-state index contributed by atoms with van der Waals surface area (Å²) in [5.74, 6) is -0.0281. The Bertz CT molecular complexity index is 696. The molecule has 0 aromatic carbocycles. The van der Waals surface area contributed by atoms with E-state index in [1.54, 1.807) is 6.33 Å². The molecule has 8 heteroatoms. The summed E-state index contributed by atoms with van der Waals surface area (Å²) < 4.78 is 11.9. The number of hydrogen-bond donors (Lipinski definition) is 1. The van der Waals surface area contributed by atoms with E-state index >= 15 is 0 Å². The number of imidazole rings is 1. The van der Waals surface area contributed by atoms with Gasteiger partial charge in [0.05, 0.1) is 25.6 Å². The molecule has 0 radical (unpaired) electrons. The van der Waals surface area contributed by atoms with Crippen LogP contribution in [0, 0.1) is 0 Å². The van der Waals surface area contributed by atoms with Gasteiger partial charge in [-0.2, -0.15) is 0 Å². The molecular weight excluding hydrogens is 274 g/mol. The average Bonchev–Trinajstić information content (AvgIpc) is 3.11. The largest absolute Gasteiger partial charge is 0.467 e. The molecule has 21 heavy (non-hydrogen) atoms. The predicted molar refractivity (Wildman–Crippen MR) is 74.3 cm³/mol. The fourth-order valence-corrected chi connectivity index (χ4v) is 2.32. The fraction of sp³-hybridized carbons (Fsp3) is 0.385. The van der Waals surface area contributed by atoms with E-state index in [1.165, 1.54) is 13.4 Å². The van der Waals surface area contributed by atoms with Gasteiger partial charge in [0.2, 0.25) is 0 Å². The van der Waals surface area contributed by atoms with Crippen molar-refractivity contribution in [1.29, 1.82) is 0 Å². The third kappa shape index (κ3) is 2.57. The van der Waals surface area contributed by atoms with Crippen LogP contribution in [0.5, 0.6) is 0 Å². The van der Waals surface area contributed by atoms with Gasteiger partial charge in [0.1, 0.15) is 18.5 Å². The highest BCUT2D eigenvalue weighted by Gasteiger charge is 2.23. The molecule has 110 valence electrons. The van der Waals surface area contributed by atoms with Crippen LogP contribution < -0.4 is 5.73 Å². The quantitative estimate of drug-likeness (QED) is 0.644. The molecule has 8 nitrogen and oxygen atoms in total. The van der Waals surface area contributed by atoms with Gasteiger partial charge >= 0.3 is 5.97 Å². The van der Waals surface area contributed by atoms with Crippen molar-refractivity contribution in [3.63, 3.8) is 0 Å². The van der Waals surface area contributed by atoms with Gasteiger partial charge in [0.25, 0.3) is 0 Å². The van der Waals surface area contributed by atoms with E-state index in [-0.39, 0.29) is 24.7 Å². The molecule has 2 N–H and O–H groups in total. The Hall–Kier alpha value is -2.48. The van der Waals surface area contributed by atoms with Crippen molar-refractivity contribution in [3.8, 4) is 0 Å². The number of nitrogen functional groups attached to an aromatic ring is 1. The number of esters is 1. The van der Waals surface area contributed by atoms with Crippen molar-refractivity contribution in [2.24, 2.45) is 0 Å². The maximum Gasteiger partial charge on any atom is 0.331 e. The van der Waals surface area contributed by atoms with Crippen molar-refractivity contribution in [1.82, 2.24) is 19.5 Å². The zero-order chi connectivity index (χ0) is 14.8. The Morgan fingerprint density at radius 2 is 2.29 bits per heavy atom. The van der Waals surface area contributed by atoms with E-state index in [9.17, 15) is 4.79 Å². The molecule has 0 fully saturated rings. The van der Waals surface area contributed by atoms with Crippen molar-refractivity contribution in [2.75, 3.05) is 19.5 Å². The number of allylic oxidation sites excluding steroid dienone is 1. The summed E-state index contributed by atoms with van der Waals surface area (Å²) in [7, 11) is 1.33. The second-order valence-corrected chi connectivity index (χ2v) is 4.70. The van der Waals surface area contributed by atoms with Crippen LogP contribution in [0.3, 0.4) is 0 Å². The predicted octanol–water partition coefficient (Wildman–Crippen LogP) is 0.468. The van der Waals surface area contributed by atoms with E-state index in [0.29, 0.717) is 23.4 Å². The molecule has 3 rings (SSSR count). The molecule has 0 bridgehead atoms. The van der Waals surface area contributed by atoms with Gasteiger partial charge in [-0.15, -0.1) is 0 Å². The number of hydrogen-bond acceptors (Lipinski definition) is 7. The summed E-state index contributed by atoms with van der Waals surface area (Å²) in [6, 6.07) is 0.0620. The van der Waals surface area contributed by atoms with E-state index in [4.69, 9.17) is 10.5 Å². The molecule has 0 amide bonds. The number of fused-ring (bicyclic) bond motifs is 1. The Morgan fingerprint density at radius 1 is 1.43 bits per heavy atom. The summed E-state index contributed by atoms with van der Waals surface area (Å²) >= 11 is 0. The van der Waals surface area contributed by atoms with Crippen molar-refractivity contribution >= 4 is 23.0 Å². The lowest BCUT2D eigenvalue weighted by Gasteiger charge is -2.14. The minimum absolute atomic E-state index is 0.0575. The molecule has 0 aliphatic heterocycles. The second-order valence-electron chi connectivity index (χ2n) is 4.70. The van der Waals surface area contributed by atoms with Crippen LogP contribution in [0.2, 0.25) is 0 Å². The molecule has 2 unspecified atom stereocenters. The van der Waals surface area contributed by atoms with Crippen molar-refractivity contribution < 1.29 is 14.3 Å². The van der Waals surface area contributed by atoms with Gasteiger partial charge in [-0.3, -0.25) is 0 Å². The second kappa shape index (κ2) is 5.49. The summed E-state index contributed by atoms with van der Waals surface area (Å²) in [6.45, 7) is -0.0575. The number of methoxy groups -OCH3 is 1. The van der Waals surface area contributed by atoms with E-state index in [1.807, 2.05) is 16.7 Å². The Labute approximate surface area is 120 Å². The standard InChI is InChI=1S/C13H15N5O3/c1-20-10(19)5-21-9-3-2-8(4-9)18-7-17-11-12(14)15-6-16-13(11)18/h2-3,6-9H,4-5H2,1H3,(H2,14,15,16). The first-order valence-corrected chi connectivity index (χ1v) is 6.49. The van der Waals surface area contributed by atoms with Gasteiger partial charge in [-0.25, -0.2) is 19.7 Å². The molecule has 1 aliphatic carbocycles. The number of carbonyl (C=O) groups is 1. The first-order valence-electron chi connectivity index (χ1n) is 6.49. The lowest BCUT2D eigenvalue weighted by Crippen LogP contribution is -2.17. The third-order valence-electron chi connectivity index (χ3n) is 3.41. The van der Waals surface area contributed by atoms with Crippen LogP contribution >= 0.6 is 0 Å². The maximum absolute atomic E-state index is 11.1. The van der Waals surface area contributed by atoms with Gasteiger partial charge in [-0.1, -0.05) is 12.2 Å². The molecule has 0 saturated heterocycles. The molecule has 1 aliphatic rings. The van der Waals surface area contributed by atoms with Crippen LogP contribution in [0.15, 0.2) is 24.8 Å². The van der Waals surface area contributed by atoms with Gasteiger partial charge < -0.3 is 19.8 Å². The molecule has 2 aromatic heterocycles. The van der Waals surface area contributed by atoms with Crippen LogP contribution in [0.4, 0.5) is 5.82 Å². The number of carbonyl (C=O) groups excluding carboxylic acids is 1. The molecule has 2 aromatic rings. The van der Waals surface area contributed by atoms with E-state index in [2.05, 4.69) is 19.7 Å². The van der Waals surface area contributed by atoms with Crippen LogP contribution in [0.1, 0.15) is 12.5 Å². The zero-order valence-electron chi connectivity index (χ0n) is 11.5. The van der Waals surface area contributed by atoms with E-state index in [0.717, 1.165) is 0 Å². The highest BCUT2D eigenvalue weighted by Crippen LogP contribution is 2.28. The fourth-order valence-electron chi connectivity index (χ4n) is 2.32. The molecule has 2 heterocycles.